The molecule has 0 spiro atoms. The number of hydrogen-bond donors (Lipinski definition) is 2. The first-order valence-electron chi connectivity index (χ1n) is 13.2. The number of aromatic hydroxyl groups is 1. The summed E-state index contributed by atoms with van der Waals surface area (Å²) < 4.78 is 61.5. The van der Waals surface area contributed by atoms with Crippen LogP contribution in [0.3, 0.4) is 0 Å². The Labute approximate surface area is 239 Å². The van der Waals surface area contributed by atoms with Crippen molar-refractivity contribution < 1.29 is 27.4 Å². The van der Waals surface area contributed by atoms with Crippen molar-refractivity contribution in [2.45, 2.75) is 26.1 Å². The van der Waals surface area contributed by atoms with Crippen LogP contribution in [-0.2, 0) is 23.9 Å². The van der Waals surface area contributed by atoms with Crippen LogP contribution in [-0.4, -0.2) is 46.4 Å². The number of morpholine rings is 1. The van der Waals surface area contributed by atoms with Crippen LogP contribution < -0.4 is 10.2 Å². The van der Waals surface area contributed by atoms with Gasteiger partial charge in [0.1, 0.15) is 12.3 Å². The molecule has 42 heavy (non-hydrogen) atoms. The minimum Gasteiger partial charge on any atom is -0.508 e. The van der Waals surface area contributed by atoms with Crippen molar-refractivity contribution in [2.24, 2.45) is 10.2 Å². The SMILES string of the molecule is CCc1nc(CN=Nc2ncc(F)c(N3CCOCC3)n2)ccc1Nc1ccc(-c2cccc(O)c2)c(C(F)(F)F)c1. The second kappa shape index (κ2) is 12.5. The van der Waals surface area contributed by atoms with Crippen LogP contribution in [0.1, 0.15) is 23.9 Å². The smallest absolute Gasteiger partial charge is 0.417 e. The number of phenolic OH excluding ortho intramolecular Hbond substituents is 1. The minimum atomic E-state index is -4.61. The van der Waals surface area contributed by atoms with Gasteiger partial charge in [0, 0.05) is 18.8 Å². The van der Waals surface area contributed by atoms with Crippen molar-refractivity contribution in [3.8, 4) is 16.9 Å². The highest BCUT2D eigenvalue weighted by Crippen LogP contribution is 2.40. The number of halogens is 4. The average Bonchev–Trinajstić information content (AvgIpc) is 2.98. The maximum Gasteiger partial charge on any atom is 0.417 e. The van der Waals surface area contributed by atoms with E-state index in [1.807, 2.05) is 6.92 Å². The zero-order chi connectivity index (χ0) is 29.7. The fraction of sp³-hybridized carbons (Fsp3) is 0.276. The standard InChI is InChI=1S/C29H27F4N7O2/c1-2-25-26(36-19-6-8-22(23(15-19)29(31,32)33)18-4-3-5-21(41)14-18)9-7-20(37-25)16-35-39-28-34-17-24(30)27(38-28)40-10-12-42-13-11-40/h3-9,14-15,17,36,41H,2,10-13,16H2,1H3. The molecular weight excluding hydrogens is 554 g/mol. The van der Waals surface area contributed by atoms with Gasteiger partial charge in [-0.1, -0.05) is 25.1 Å². The van der Waals surface area contributed by atoms with Gasteiger partial charge in [0.2, 0.25) is 0 Å². The van der Waals surface area contributed by atoms with Crippen LogP contribution >= 0.6 is 0 Å². The lowest BCUT2D eigenvalue weighted by Crippen LogP contribution is -2.37. The van der Waals surface area contributed by atoms with Gasteiger partial charge >= 0.3 is 6.18 Å². The molecule has 2 aromatic heterocycles. The Balaban J connectivity index is 1.32. The third-order valence-electron chi connectivity index (χ3n) is 6.54. The maximum absolute atomic E-state index is 14.3. The molecule has 2 aromatic carbocycles. The number of phenols is 1. The van der Waals surface area contributed by atoms with E-state index in [-0.39, 0.29) is 40.9 Å². The number of azo groups is 1. The van der Waals surface area contributed by atoms with Gasteiger partial charge in [-0.25, -0.2) is 9.37 Å². The number of aryl methyl sites for hydroxylation is 1. The summed E-state index contributed by atoms with van der Waals surface area (Å²) in [6, 6.07) is 13.1. The van der Waals surface area contributed by atoms with Gasteiger partial charge < -0.3 is 20.1 Å². The first-order valence-corrected chi connectivity index (χ1v) is 13.2. The molecule has 0 unspecified atom stereocenters. The third kappa shape index (κ3) is 6.79. The Morgan fingerprint density at radius 1 is 1.05 bits per heavy atom. The van der Waals surface area contributed by atoms with Gasteiger partial charge in [0.05, 0.1) is 42.0 Å². The summed E-state index contributed by atoms with van der Waals surface area (Å²) in [5, 5.41) is 20.9. The van der Waals surface area contributed by atoms with E-state index < -0.39 is 17.6 Å². The summed E-state index contributed by atoms with van der Waals surface area (Å²) in [7, 11) is 0. The van der Waals surface area contributed by atoms with Crippen molar-refractivity contribution in [1.29, 1.82) is 0 Å². The number of alkyl halides is 3. The van der Waals surface area contributed by atoms with E-state index in [0.29, 0.717) is 49.8 Å². The number of aromatic nitrogens is 3. The molecule has 0 amide bonds. The number of nitrogens with zero attached hydrogens (tertiary/aromatic N) is 6. The van der Waals surface area contributed by atoms with Crippen LogP contribution in [0.5, 0.6) is 5.75 Å². The molecule has 0 radical (unpaired) electrons. The Morgan fingerprint density at radius 2 is 1.86 bits per heavy atom. The van der Waals surface area contributed by atoms with Crippen molar-refractivity contribution >= 4 is 23.1 Å². The summed E-state index contributed by atoms with van der Waals surface area (Å²) in [5.74, 6) is -0.511. The molecule has 2 N–H and O–H groups in total. The average molecular weight is 582 g/mol. The molecule has 5 rings (SSSR count). The highest BCUT2D eigenvalue weighted by atomic mass is 19.4. The summed E-state index contributed by atoms with van der Waals surface area (Å²) in [4.78, 5) is 14.4. The van der Waals surface area contributed by atoms with Crippen LogP contribution in [0.2, 0.25) is 0 Å². The number of ether oxygens (including phenoxy) is 1. The minimum absolute atomic E-state index is 0.0153. The number of benzene rings is 2. The Morgan fingerprint density at radius 3 is 2.60 bits per heavy atom. The second-order valence-corrected chi connectivity index (χ2v) is 9.42. The van der Waals surface area contributed by atoms with E-state index in [1.165, 1.54) is 30.3 Å². The summed E-state index contributed by atoms with van der Waals surface area (Å²) in [6.45, 7) is 3.94. The molecule has 0 bridgehead atoms. The first kappa shape index (κ1) is 28.9. The third-order valence-corrected chi connectivity index (χ3v) is 6.54. The van der Waals surface area contributed by atoms with Gasteiger partial charge in [-0.15, -0.1) is 5.11 Å². The van der Waals surface area contributed by atoms with Gasteiger partial charge in [-0.2, -0.15) is 23.3 Å². The van der Waals surface area contributed by atoms with Crippen molar-refractivity contribution in [3.05, 3.63) is 83.6 Å². The summed E-state index contributed by atoms with van der Waals surface area (Å²) in [6.07, 6.45) is -3.05. The van der Waals surface area contributed by atoms with Crippen molar-refractivity contribution in [1.82, 2.24) is 15.0 Å². The molecule has 3 heterocycles. The normalized spacial score (nSPS) is 14.0. The largest absolute Gasteiger partial charge is 0.508 e. The van der Waals surface area contributed by atoms with Crippen molar-refractivity contribution in [2.75, 3.05) is 36.5 Å². The molecule has 0 atom stereocenters. The van der Waals surface area contributed by atoms with E-state index >= 15 is 0 Å². The highest BCUT2D eigenvalue weighted by Gasteiger charge is 2.34. The lowest BCUT2D eigenvalue weighted by molar-refractivity contribution is -0.137. The van der Waals surface area contributed by atoms with Gasteiger partial charge in [0.25, 0.3) is 5.95 Å². The fourth-order valence-corrected chi connectivity index (χ4v) is 4.52. The number of pyridine rings is 1. The lowest BCUT2D eigenvalue weighted by Gasteiger charge is -2.27. The predicted molar refractivity (Wildman–Crippen MR) is 149 cm³/mol. The molecule has 1 fully saturated rings. The molecule has 1 aliphatic heterocycles. The lowest BCUT2D eigenvalue weighted by atomic mass is 9.98. The highest BCUT2D eigenvalue weighted by molar-refractivity contribution is 5.74. The van der Waals surface area contributed by atoms with Gasteiger partial charge in [0.15, 0.2) is 11.6 Å². The first-order chi connectivity index (χ1) is 20.2. The molecule has 4 aromatic rings. The van der Waals surface area contributed by atoms with E-state index in [4.69, 9.17) is 4.74 Å². The summed E-state index contributed by atoms with van der Waals surface area (Å²) in [5.41, 5.74) is 1.37. The molecule has 0 saturated carbocycles. The van der Waals surface area contributed by atoms with E-state index in [1.54, 1.807) is 23.1 Å². The van der Waals surface area contributed by atoms with Crippen LogP contribution in [0.15, 0.2) is 71.0 Å². The molecule has 1 aliphatic rings. The number of rotatable bonds is 8. The molecular formula is C29H27F4N7O2. The van der Waals surface area contributed by atoms with Crippen LogP contribution in [0.25, 0.3) is 11.1 Å². The Bertz CT molecular complexity index is 1590. The molecule has 13 heteroatoms. The fourth-order valence-electron chi connectivity index (χ4n) is 4.52. The number of nitrogens with one attached hydrogen (secondary N) is 1. The molecule has 1 saturated heterocycles. The Kier molecular flexibility index (Phi) is 8.57. The maximum atomic E-state index is 14.3. The van der Waals surface area contributed by atoms with E-state index in [9.17, 15) is 22.7 Å². The number of anilines is 3. The monoisotopic (exact) mass is 581 g/mol. The zero-order valence-electron chi connectivity index (χ0n) is 22.6. The topological polar surface area (TPSA) is 108 Å². The Hall–Kier alpha value is -4.65. The second-order valence-electron chi connectivity index (χ2n) is 9.42. The van der Waals surface area contributed by atoms with Crippen LogP contribution in [0.4, 0.5) is 40.7 Å². The quantitative estimate of drug-likeness (QED) is 0.173. The molecule has 218 valence electrons. The summed E-state index contributed by atoms with van der Waals surface area (Å²) >= 11 is 0. The van der Waals surface area contributed by atoms with Gasteiger partial charge in [-0.3, -0.25) is 4.98 Å². The number of hydrogen-bond acceptors (Lipinski definition) is 9. The predicted octanol–water partition coefficient (Wildman–Crippen LogP) is 6.83. The zero-order valence-corrected chi connectivity index (χ0v) is 22.6. The molecule has 9 nitrogen and oxygen atoms in total. The van der Waals surface area contributed by atoms with Crippen LogP contribution in [0, 0.1) is 5.82 Å². The van der Waals surface area contributed by atoms with E-state index in [0.717, 1.165) is 12.3 Å². The molecule has 0 aliphatic carbocycles. The van der Waals surface area contributed by atoms with E-state index in [2.05, 4.69) is 30.5 Å². The van der Waals surface area contributed by atoms with Crippen molar-refractivity contribution in [3.63, 3.8) is 0 Å². The van der Waals surface area contributed by atoms with Gasteiger partial charge in [-0.05, 0) is 53.9 Å².